The van der Waals surface area contributed by atoms with Crippen LogP contribution in [0.15, 0.2) is 42.5 Å². The van der Waals surface area contributed by atoms with Crippen LogP contribution >= 0.6 is 23.4 Å². The number of halogens is 1. The van der Waals surface area contributed by atoms with Gasteiger partial charge in [0.15, 0.2) is 6.61 Å². The Bertz CT molecular complexity index is 905. The highest BCUT2D eigenvalue weighted by molar-refractivity contribution is 8.00. The van der Waals surface area contributed by atoms with Crippen LogP contribution in [0.1, 0.15) is 11.1 Å². The molecule has 0 aliphatic heterocycles. The molecule has 0 aliphatic carbocycles. The predicted molar refractivity (Wildman–Crippen MR) is 123 cm³/mol. The van der Waals surface area contributed by atoms with Gasteiger partial charge in [0.1, 0.15) is 5.75 Å². The summed E-state index contributed by atoms with van der Waals surface area (Å²) in [6, 6.07) is 12.8. The van der Waals surface area contributed by atoms with Crippen molar-refractivity contribution in [2.75, 3.05) is 37.1 Å². The number of methoxy groups -OCH3 is 1. The number of thioether (sulfide) groups is 1. The number of esters is 1. The molecule has 2 amide bonds. The van der Waals surface area contributed by atoms with E-state index in [4.69, 9.17) is 21.1 Å². The molecule has 0 radical (unpaired) electrons. The second-order valence-electron chi connectivity index (χ2n) is 6.61. The number of nitrogens with one attached hydrogen (secondary N) is 2. The van der Waals surface area contributed by atoms with E-state index in [9.17, 15) is 14.4 Å². The van der Waals surface area contributed by atoms with Gasteiger partial charge < -0.3 is 20.1 Å². The minimum Gasteiger partial charge on any atom is -0.497 e. The zero-order valence-corrected chi connectivity index (χ0v) is 19.0. The number of ether oxygens (including phenoxy) is 2. The van der Waals surface area contributed by atoms with Crippen molar-refractivity contribution < 1.29 is 23.9 Å². The lowest BCUT2D eigenvalue weighted by Crippen LogP contribution is -2.28. The number of hydrogen-bond acceptors (Lipinski definition) is 6. The van der Waals surface area contributed by atoms with E-state index in [0.29, 0.717) is 23.7 Å². The first kappa shape index (κ1) is 24.6. The van der Waals surface area contributed by atoms with Crippen LogP contribution in [0, 0.1) is 6.92 Å². The molecule has 0 aromatic heterocycles. The maximum atomic E-state index is 11.9. The molecule has 0 fully saturated rings. The zero-order chi connectivity index (χ0) is 22.6. The molecule has 2 aromatic rings. The maximum Gasteiger partial charge on any atom is 0.316 e. The molecule has 0 saturated carbocycles. The average Bonchev–Trinajstić information content (AvgIpc) is 2.75. The molecule has 0 saturated heterocycles. The van der Waals surface area contributed by atoms with E-state index in [2.05, 4.69) is 10.6 Å². The van der Waals surface area contributed by atoms with E-state index in [-0.39, 0.29) is 17.4 Å². The van der Waals surface area contributed by atoms with Crippen LogP contribution in [0.25, 0.3) is 0 Å². The summed E-state index contributed by atoms with van der Waals surface area (Å²) < 4.78 is 10.0. The fourth-order valence-corrected chi connectivity index (χ4v) is 3.33. The Kier molecular flexibility index (Phi) is 10.2. The molecule has 0 heterocycles. The highest BCUT2D eigenvalue weighted by atomic mass is 35.5. The van der Waals surface area contributed by atoms with Crippen LogP contribution in [-0.2, 0) is 25.5 Å². The lowest BCUT2D eigenvalue weighted by Gasteiger charge is -2.09. The molecule has 9 heteroatoms. The van der Waals surface area contributed by atoms with E-state index >= 15 is 0 Å². The Hall–Kier alpha value is -2.71. The van der Waals surface area contributed by atoms with Gasteiger partial charge in [-0.05, 0) is 48.7 Å². The lowest BCUT2D eigenvalue weighted by molar-refractivity contribution is -0.144. The number of hydrogen-bond donors (Lipinski definition) is 2. The number of anilines is 1. The lowest BCUT2D eigenvalue weighted by atomic mass is 10.1. The predicted octanol–water partition coefficient (Wildman–Crippen LogP) is 3.23. The highest BCUT2D eigenvalue weighted by Gasteiger charge is 2.11. The zero-order valence-electron chi connectivity index (χ0n) is 17.4. The third kappa shape index (κ3) is 9.31. The summed E-state index contributed by atoms with van der Waals surface area (Å²) >= 11 is 7.04. The van der Waals surface area contributed by atoms with Crippen LogP contribution in [0.3, 0.4) is 0 Å². The van der Waals surface area contributed by atoms with Crippen molar-refractivity contribution in [2.45, 2.75) is 13.3 Å². The van der Waals surface area contributed by atoms with E-state index in [1.165, 1.54) is 0 Å². The van der Waals surface area contributed by atoms with Crippen molar-refractivity contribution in [3.05, 3.63) is 58.6 Å². The Morgan fingerprint density at radius 2 is 1.77 bits per heavy atom. The minimum atomic E-state index is -0.561. The molecule has 0 atom stereocenters. The fourth-order valence-electron chi connectivity index (χ4n) is 2.52. The Balaban J connectivity index is 1.57. The molecule has 166 valence electrons. The van der Waals surface area contributed by atoms with Gasteiger partial charge in [0.05, 0.1) is 18.6 Å². The molecule has 2 aromatic carbocycles. The largest absolute Gasteiger partial charge is 0.497 e. The summed E-state index contributed by atoms with van der Waals surface area (Å²) in [6.45, 7) is 1.93. The second kappa shape index (κ2) is 12.9. The van der Waals surface area contributed by atoms with Gasteiger partial charge in [0.25, 0.3) is 5.91 Å². The Morgan fingerprint density at radius 1 is 1.03 bits per heavy atom. The van der Waals surface area contributed by atoms with Crippen LogP contribution in [0.5, 0.6) is 5.75 Å². The number of carbonyl (C=O) groups excluding carboxylic acids is 3. The molecular formula is C22H25ClN2O5S. The van der Waals surface area contributed by atoms with Crippen LogP contribution in [0.4, 0.5) is 5.69 Å². The minimum absolute atomic E-state index is 0.0185. The van der Waals surface area contributed by atoms with Crippen molar-refractivity contribution in [1.82, 2.24) is 5.32 Å². The van der Waals surface area contributed by atoms with Gasteiger partial charge >= 0.3 is 5.97 Å². The number of rotatable bonds is 11. The van der Waals surface area contributed by atoms with Gasteiger partial charge in [-0.2, -0.15) is 0 Å². The van der Waals surface area contributed by atoms with Gasteiger partial charge in [-0.25, -0.2) is 0 Å². The van der Waals surface area contributed by atoms with E-state index in [0.717, 1.165) is 28.6 Å². The van der Waals surface area contributed by atoms with Gasteiger partial charge in [-0.15, -0.1) is 11.8 Å². The van der Waals surface area contributed by atoms with Crippen molar-refractivity contribution in [2.24, 2.45) is 0 Å². The Labute approximate surface area is 190 Å². The first-order valence-corrected chi connectivity index (χ1v) is 11.1. The number of benzene rings is 2. The maximum absolute atomic E-state index is 11.9. The van der Waals surface area contributed by atoms with E-state index in [1.54, 1.807) is 25.3 Å². The molecule has 0 unspecified atom stereocenters. The summed E-state index contributed by atoms with van der Waals surface area (Å²) in [5.41, 5.74) is 2.50. The molecule has 31 heavy (non-hydrogen) atoms. The SMILES string of the molecule is COc1ccc(CCNC(=O)CSCC(=O)OCC(=O)Nc2cc(Cl)ccc2C)cc1. The topological polar surface area (TPSA) is 93.7 Å². The number of aryl methyl sites for hydroxylation is 1. The number of carbonyl (C=O) groups is 3. The number of amides is 2. The summed E-state index contributed by atoms with van der Waals surface area (Å²) in [7, 11) is 1.61. The third-order valence-electron chi connectivity index (χ3n) is 4.19. The second-order valence-corrected chi connectivity index (χ2v) is 8.03. The third-order valence-corrected chi connectivity index (χ3v) is 5.33. The van der Waals surface area contributed by atoms with Crippen LogP contribution in [-0.4, -0.2) is 49.6 Å². The first-order valence-electron chi connectivity index (χ1n) is 9.56. The fraction of sp³-hybridized carbons (Fsp3) is 0.318. The van der Waals surface area contributed by atoms with Gasteiger partial charge in [0.2, 0.25) is 5.91 Å². The van der Waals surface area contributed by atoms with Gasteiger partial charge in [0, 0.05) is 17.3 Å². The molecule has 0 aliphatic rings. The monoisotopic (exact) mass is 464 g/mol. The van der Waals surface area contributed by atoms with Crippen molar-refractivity contribution in [3.8, 4) is 5.75 Å². The summed E-state index contributed by atoms with van der Waals surface area (Å²) in [6.07, 6.45) is 0.698. The highest BCUT2D eigenvalue weighted by Crippen LogP contribution is 2.20. The first-order chi connectivity index (χ1) is 14.9. The quantitative estimate of drug-likeness (QED) is 0.496. The van der Waals surface area contributed by atoms with Crippen molar-refractivity contribution in [3.63, 3.8) is 0 Å². The Morgan fingerprint density at radius 3 is 2.48 bits per heavy atom. The summed E-state index contributed by atoms with van der Waals surface area (Å²) in [5, 5.41) is 5.94. The molecule has 7 nitrogen and oxygen atoms in total. The molecular weight excluding hydrogens is 440 g/mol. The van der Waals surface area contributed by atoms with Crippen LogP contribution in [0.2, 0.25) is 5.02 Å². The molecule has 0 bridgehead atoms. The normalized spacial score (nSPS) is 10.3. The average molecular weight is 465 g/mol. The molecule has 2 rings (SSSR count). The molecule has 0 spiro atoms. The van der Waals surface area contributed by atoms with Gasteiger partial charge in [-0.1, -0.05) is 29.8 Å². The van der Waals surface area contributed by atoms with E-state index < -0.39 is 18.5 Å². The van der Waals surface area contributed by atoms with E-state index in [1.807, 2.05) is 31.2 Å². The van der Waals surface area contributed by atoms with Crippen LogP contribution < -0.4 is 15.4 Å². The molecule has 2 N–H and O–H groups in total. The summed E-state index contributed by atoms with van der Waals surface area (Å²) in [4.78, 5) is 35.6. The smallest absolute Gasteiger partial charge is 0.316 e. The van der Waals surface area contributed by atoms with Crippen molar-refractivity contribution in [1.29, 1.82) is 0 Å². The van der Waals surface area contributed by atoms with Crippen molar-refractivity contribution >= 4 is 46.8 Å². The summed E-state index contributed by atoms with van der Waals surface area (Å²) in [5.74, 6) is -0.288. The van der Waals surface area contributed by atoms with Gasteiger partial charge in [-0.3, -0.25) is 14.4 Å². The standard InChI is InChI=1S/C22H25ClN2O5S/c1-15-3-6-17(23)11-19(15)25-20(26)12-30-22(28)14-31-13-21(27)24-10-9-16-4-7-18(29-2)8-5-16/h3-8,11H,9-10,12-14H2,1-2H3,(H,24,27)(H,25,26).